The molecular formula is C18H17ClF3NO9. The van der Waals surface area contributed by atoms with Crippen LogP contribution in [0, 0.1) is 24.0 Å². The number of alkyl halides is 3. The Hall–Kier alpha value is -3.22. The van der Waals surface area contributed by atoms with Crippen LogP contribution < -0.4 is 4.74 Å². The average molecular weight is 484 g/mol. The minimum atomic E-state index is -4.95. The van der Waals surface area contributed by atoms with Gasteiger partial charge in [-0.05, 0) is 44.0 Å². The quantitative estimate of drug-likeness (QED) is 0.245. The van der Waals surface area contributed by atoms with Crippen molar-refractivity contribution in [3.8, 4) is 5.75 Å². The van der Waals surface area contributed by atoms with Gasteiger partial charge in [0.15, 0.2) is 0 Å². The first-order valence-electron chi connectivity index (χ1n) is 8.83. The van der Waals surface area contributed by atoms with Gasteiger partial charge >= 0.3 is 18.3 Å². The summed E-state index contributed by atoms with van der Waals surface area (Å²) in [4.78, 5) is 37.8. The Kier molecular flexibility index (Phi) is 7.78. The van der Waals surface area contributed by atoms with Gasteiger partial charge in [-0.3, -0.25) is 0 Å². The Morgan fingerprint density at radius 3 is 2.56 bits per heavy atom. The summed E-state index contributed by atoms with van der Waals surface area (Å²) in [5.74, 6) is -1.55. The molecule has 1 aliphatic heterocycles. The molecule has 1 unspecified atom stereocenters. The number of ether oxygens (including phenoxy) is 4. The Bertz CT molecular complexity index is 949. The Labute approximate surface area is 183 Å². The number of carbonyl (C=O) groups excluding carboxylic acids is 2. The smallest absolute Gasteiger partial charge is 0.475 e. The molecule has 0 aliphatic carbocycles. The number of halogens is 4. The van der Waals surface area contributed by atoms with E-state index in [4.69, 9.17) is 16.3 Å². The second-order valence-electron chi connectivity index (χ2n) is 6.58. The van der Waals surface area contributed by atoms with Crippen LogP contribution in [0.2, 0.25) is 5.02 Å². The van der Waals surface area contributed by atoms with Crippen molar-refractivity contribution in [1.29, 1.82) is 0 Å². The summed E-state index contributed by atoms with van der Waals surface area (Å²) in [7, 11) is 0. The molecule has 0 amide bonds. The highest BCUT2D eigenvalue weighted by Gasteiger charge is 2.49. The third-order valence-electron chi connectivity index (χ3n) is 4.13. The number of hydrogen-bond donors (Lipinski definition) is 0. The Morgan fingerprint density at radius 2 is 1.97 bits per heavy atom. The van der Waals surface area contributed by atoms with Gasteiger partial charge in [0.05, 0.1) is 5.57 Å². The van der Waals surface area contributed by atoms with Crippen molar-refractivity contribution in [2.45, 2.75) is 39.2 Å². The third-order valence-corrected chi connectivity index (χ3v) is 4.71. The topological polar surface area (TPSA) is 123 Å². The minimum absolute atomic E-state index is 0.103. The van der Waals surface area contributed by atoms with Crippen LogP contribution in [0.3, 0.4) is 0 Å². The van der Waals surface area contributed by atoms with Crippen molar-refractivity contribution in [3.05, 3.63) is 43.5 Å². The molecule has 176 valence electrons. The lowest BCUT2D eigenvalue weighted by molar-refractivity contribution is -0.759. The number of nitrogens with zero attached hydrogens (tertiary/aromatic N) is 1. The lowest BCUT2D eigenvalue weighted by atomic mass is 9.96. The van der Waals surface area contributed by atoms with Gasteiger partial charge in [0, 0.05) is 10.6 Å². The summed E-state index contributed by atoms with van der Waals surface area (Å²) in [6.45, 7) is 2.73. The van der Waals surface area contributed by atoms with E-state index in [9.17, 15) is 32.9 Å². The van der Waals surface area contributed by atoms with E-state index in [0.717, 1.165) is 6.08 Å². The molecule has 2 atom stereocenters. The molecule has 0 saturated heterocycles. The molecule has 0 radical (unpaired) electrons. The molecule has 14 heteroatoms. The van der Waals surface area contributed by atoms with E-state index in [0.29, 0.717) is 16.1 Å². The van der Waals surface area contributed by atoms with Gasteiger partial charge in [0.1, 0.15) is 18.5 Å². The molecule has 1 aromatic carbocycles. The van der Waals surface area contributed by atoms with E-state index in [1.165, 1.54) is 13.0 Å². The number of fused-ring (bicyclic) bond motifs is 1. The zero-order valence-corrected chi connectivity index (χ0v) is 17.6. The van der Waals surface area contributed by atoms with Crippen LogP contribution in [0.1, 0.15) is 23.6 Å². The highest BCUT2D eigenvalue weighted by atomic mass is 35.5. The second-order valence-corrected chi connectivity index (χ2v) is 6.95. The maximum atomic E-state index is 13.5. The summed E-state index contributed by atoms with van der Waals surface area (Å²) < 4.78 is 59.1. The zero-order chi connectivity index (χ0) is 24.2. The van der Waals surface area contributed by atoms with E-state index >= 15 is 0 Å². The first kappa shape index (κ1) is 25.0. The molecule has 0 N–H and O–H groups in total. The zero-order valence-electron chi connectivity index (χ0n) is 16.9. The summed E-state index contributed by atoms with van der Waals surface area (Å²) in [6, 6.07) is 1.32. The van der Waals surface area contributed by atoms with Gasteiger partial charge in [0.25, 0.3) is 5.09 Å². The molecule has 0 fully saturated rings. The molecule has 0 bridgehead atoms. The molecule has 0 spiro atoms. The number of hydrogen-bond acceptors (Lipinski definition) is 9. The first-order chi connectivity index (χ1) is 14.8. The molecule has 1 heterocycles. The van der Waals surface area contributed by atoms with Crippen LogP contribution in [-0.4, -0.2) is 49.0 Å². The fraction of sp³-hybridized carbons (Fsp3) is 0.444. The van der Waals surface area contributed by atoms with Gasteiger partial charge in [-0.25, -0.2) is 9.59 Å². The Balaban J connectivity index is 2.09. The normalized spacial score (nSPS) is 16.1. The van der Waals surface area contributed by atoms with E-state index in [-0.39, 0.29) is 11.3 Å². The van der Waals surface area contributed by atoms with Crippen LogP contribution in [0.5, 0.6) is 5.75 Å². The average Bonchev–Trinajstić information content (AvgIpc) is 2.69. The summed E-state index contributed by atoms with van der Waals surface area (Å²) in [5.41, 5.74) is 0.192. The summed E-state index contributed by atoms with van der Waals surface area (Å²) >= 11 is 6.13. The van der Waals surface area contributed by atoms with E-state index in [1.54, 1.807) is 13.8 Å². The lowest BCUT2D eigenvalue weighted by Crippen LogP contribution is -2.41. The van der Waals surface area contributed by atoms with Crippen molar-refractivity contribution < 1.29 is 51.6 Å². The predicted octanol–water partition coefficient (Wildman–Crippen LogP) is 3.91. The largest absolute Gasteiger partial charge is 0.511 e. The molecule has 1 aromatic rings. The van der Waals surface area contributed by atoms with Crippen molar-refractivity contribution in [3.63, 3.8) is 0 Å². The Morgan fingerprint density at radius 1 is 1.31 bits per heavy atom. The highest BCUT2D eigenvalue weighted by Crippen LogP contribution is 2.41. The molecule has 32 heavy (non-hydrogen) atoms. The molecule has 10 nitrogen and oxygen atoms in total. The predicted molar refractivity (Wildman–Crippen MR) is 100 cm³/mol. The van der Waals surface area contributed by atoms with Crippen LogP contribution >= 0.6 is 11.6 Å². The number of carbonyl (C=O) groups is 2. The number of aryl methyl sites for hydroxylation is 1. The van der Waals surface area contributed by atoms with Crippen LogP contribution in [0.4, 0.5) is 18.0 Å². The monoisotopic (exact) mass is 483 g/mol. The first-order valence-corrected chi connectivity index (χ1v) is 9.21. The second kappa shape index (κ2) is 9.94. The third kappa shape index (κ3) is 6.15. The van der Waals surface area contributed by atoms with Crippen molar-refractivity contribution >= 4 is 29.8 Å². The number of rotatable bonds is 7. The minimum Gasteiger partial charge on any atom is -0.475 e. The fourth-order valence-corrected chi connectivity index (χ4v) is 2.81. The van der Waals surface area contributed by atoms with Crippen LogP contribution in [0.15, 0.2) is 11.6 Å². The molecule has 0 saturated carbocycles. The lowest BCUT2D eigenvalue weighted by Gasteiger charge is -2.29. The van der Waals surface area contributed by atoms with Gasteiger partial charge in [0.2, 0.25) is 12.9 Å². The fourth-order valence-electron chi connectivity index (χ4n) is 2.66. The maximum absolute atomic E-state index is 13.5. The SMILES string of the molecule is Cc1cc2c(c(C)c1Cl)C=C(C(=O)OCOC(=O)OC(C)CO[N+](=O)[O-])[C@@H](C(F)(F)F)O2. The van der Waals surface area contributed by atoms with Gasteiger partial charge < -0.3 is 23.8 Å². The van der Waals surface area contributed by atoms with E-state index < -0.39 is 54.6 Å². The number of benzene rings is 1. The molecule has 0 aromatic heterocycles. The van der Waals surface area contributed by atoms with E-state index in [2.05, 4.69) is 19.0 Å². The molecular weight excluding hydrogens is 467 g/mol. The molecule has 1 aliphatic rings. The van der Waals surface area contributed by atoms with Crippen LogP contribution in [0.25, 0.3) is 6.08 Å². The standard InChI is InChI=1S/C18H17ClF3NO9/c1-8-4-13-11(10(3)14(8)19)5-12(15(32-13)18(20,21)22)16(24)28-7-29-17(25)31-9(2)6-30-23(26)27/h4-5,9,15H,6-7H2,1-3H3/t9?,15-/m0/s1. The summed E-state index contributed by atoms with van der Waals surface area (Å²) in [5, 5.41) is 9.26. The van der Waals surface area contributed by atoms with Gasteiger partial charge in [-0.15, -0.1) is 10.1 Å². The van der Waals surface area contributed by atoms with Crippen molar-refractivity contribution in [2.75, 3.05) is 13.4 Å². The van der Waals surface area contributed by atoms with Gasteiger partial charge in [-0.2, -0.15) is 13.2 Å². The van der Waals surface area contributed by atoms with Crippen molar-refractivity contribution in [1.82, 2.24) is 0 Å². The number of esters is 1. The highest BCUT2D eigenvalue weighted by molar-refractivity contribution is 6.32. The maximum Gasteiger partial charge on any atom is 0.511 e. The van der Waals surface area contributed by atoms with Gasteiger partial charge in [-0.1, -0.05) is 11.6 Å². The van der Waals surface area contributed by atoms with Crippen molar-refractivity contribution in [2.24, 2.45) is 0 Å². The van der Waals surface area contributed by atoms with E-state index in [1.807, 2.05) is 0 Å². The molecule has 2 rings (SSSR count). The summed E-state index contributed by atoms with van der Waals surface area (Å²) in [6.07, 6.45) is -9.08. The van der Waals surface area contributed by atoms with Crippen LogP contribution in [-0.2, 0) is 23.8 Å².